The lowest BCUT2D eigenvalue weighted by atomic mass is 9.93. The number of allylic oxidation sites excluding steroid dienone is 1. The number of amidine groups is 1. The summed E-state index contributed by atoms with van der Waals surface area (Å²) in [4.78, 5) is 32.3. The number of nitrogens with zero attached hydrogens (tertiary/aromatic N) is 2. The normalized spacial score (nSPS) is 20.4. The molecule has 1 aromatic carbocycles. The third kappa shape index (κ3) is 4.83. The number of rotatable bonds is 7. The number of ether oxygens (including phenoxy) is 1. The van der Waals surface area contributed by atoms with Gasteiger partial charge in [0.05, 0.1) is 29.8 Å². The SMILES string of the molecule is CC1=C(C(=O)OC(C)C)[C@@H](c2ccccc2Cl)N2C(CC(=O)NCC3CC3)=CSC2=N1. The lowest BCUT2D eigenvalue weighted by Crippen LogP contribution is -2.38. The van der Waals surface area contributed by atoms with Gasteiger partial charge in [-0.2, -0.15) is 0 Å². The molecule has 0 saturated heterocycles. The number of aliphatic imine (C=N–C) groups is 1. The van der Waals surface area contributed by atoms with Gasteiger partial charge in [-0.05, 0) is 56.6 Å². The molecule has 2 heterocycles. The summed E-state index contributed by atoms with van der Waals surface area (Å²) in [6.45, 7) is 6.17. The zero-order chi connectivity index (χ0) is 22.1. The first-order valence-corrected chi connectivity index (χ1v) is 11.8. The Bertz CT molecular complexity index is 998. The average molecular weight is 460 g/mol. The van der Waals surface area contributed by atoms with Crippen LogP contribution in [-0.2, 0) is 14.3 Å². The highest BCUT2D eigenvalue weighted by molar-refractivity contribution is 8.16. The van der Waals surface area contributed by atoms with Crippen LogP contribution in [0.4, 0.5) is 0 Å². The van der Waals surface area contributed by atoms with E-state index in [1.54, 1.807) is 6.07 Å². The number of fused-ring (bicyclic) bond motifs is 1. The molecule has 1 N–H and O–H groups in total. The van der Waals surface area contributed by atoms with Gasteiger partial charge in [-0.15, -0.1) is 0 Å². The molecule has 0 aromatic heterocycles. The van der Waals surface area contributed by atoms with Crippen LogP contribution in [0.5, 0.6) is 0 Å². The molecule has 4 rings (SSSR count). The van der Waals surface area contributed by atoms with Crippen LogP contribution in [0.3, 0.4) is 0 Å². The second-order valence-corrected chi connectivity index (χ2v) is 9.54. The molecule has 1 fully saturated rings. The van der Waals surface area contributed by atoms with Crippen molar-refractivity contribution in [2.75, 3.05) is 6.54 Å². The van der Waals surface area contributed by atoms with Crippen molar-refractivity contribution in [3.63, 3.8) is 0 Å². The van der Waals surface area contributed by atoms with Crippen molar-refractivity contribution in [3.05, 3.63) is 57.2 Å². The number of thioether (sulfide) groups is 1. The third-order valence-corrected chi connectivity index (χ3v) is 6.62. The average Bonchev–Trinajstić information content (AvgIpc) is 3.46. The maximum Gasteiger partial charge on any atom is 0.338 e. The summed E-state index contributed by atoms with van der Waals surface area (Å²) in [5.74, 6) is 0.159. The Morgan fingerprint density at radius 2 is 2.06 bits per heavy atom. The summed E-state index contributed by atoms with van der Waals surface area (Å²) in [7, 11) is 0. The minimum atomic E-state index is -0.509. The number of carbonyl (C=O) groups excluding carboxylic acids is 2. The van der Waals surface area contributed by atoms with E-state index >= 15 is 0 Å². The van der Waals surface area contributed by atoms with Gasteiger partial charge in [-0.1, -0.05) is 41.6 Å². The number of amides is 1. The fourth-order valence-electron chi connectivity index (χ4n) is 3.71. The van der Waals surface area contributed by atoms with Crippen LogP contribution in [0, 0.1) is 5.92 Å². The van der Waals surface area contributed by atoms with E-state index in [2.05, 4.69) is 10.3 Å². The minimum absolute atomic E-state index is 0.0320. The highest BCUT2D eigenvalue weighted by Gasteiger charge is 2.42. The fraction of sp³-hybridized carbons (Fsp3) is 0.435. The number of benzene rings is 1. The standard InChI is InChI=1S/C23H26ClN3O3S/c1-13(2)30-22(29)20-14(3)26-23-27(21(20)17-6-4-5-7-18(17)24)16(12-31-23)10-19(28)25-11-15-8-9-15/h4-7,12-13,15,21H,8-11H2,1-3H3,(H,25,28)/t21-/m1/s1. The molecule has 0 bridgehead atoms. The van der Waals surface area contributed by atoms with E-state index < -0.39 is 12.0 Å². The Labute approximate surface area is 191 Å². The molecule has 1 atom stereocenters. The summed E-state index contributed by atoms with van der Waals surface area (Å²) in [5, 5.41) is 6.23. The Kier molecular flexibility index (Phi) is 6.44. The van der Waals surface area contributed by atoms with Crippen molar-refractivity contribution >= 4 is 40.4 Å². The zero-order valence-corrected chi connectivity index (χ0v) is 19.4. The molecule has 164 valence electrons. The van der Waals surface area contributed by atoms with Crippen LogP contribution < -0.4 is 5.32 Å². The number of hydrogen-bond donors (Lipinski definition) is 1. The highest BCUT2D eigenvalue weighted by Crippen LogP contribution is 2.46. The van der Waals surface area contributed by atoms with Gasteiger partial charge in [0.25, 0.3) is 0 Å². The second kappa shape index (κ2) is 9.09. The third-order valence-electron chi connectivity index (χ3n) is 5.39. The Balaban J connectivity index is 1.68. The predicted octanol–water partition coefficient (Wildman–Crippen LogP) is 4.78. The molecular weight excluding hydrogens is 434 g/mol. The Morgan fingerprint density at radius 3 is 2.74 bits per heavy atom. The van der Waals surface area contributed by atoms with Gasteiger partial charge in [0, 0.05) is 17.3 Å². The maximum atomic E-state index is 13.1. The molecule has 1 saturated carbocycles. The lowest BCUT2D eigenvalue weighted by Gasteiger charge is -2.36. The van der Waals surface area contributed by atoms with Gasteiger partial charge in [-0.25, -0.2) is 9.79 Å². The lowest BCUT2D eigenvalue weighted by molar-refractivity contribution is -0.143. The van der Waals surface area contributed by atoms with Crippen LogP contribution in [-0.4, -0.2) is 34.6 Å². The van der Waals surface area contributed by atoms with Crippen LogP contribution in [0.15, 0.2) is 51.6 Å². The summed E-state index contributed by atoms with van der Waals surface area (Å²) in [6, 6.07) is 6.94. The fourth-order valence-corrected chi connectivity index (χ4v) is 4.91. The minimum Gasteiger partial charge on any atom is -0.459 e. The molecule has 3 aliphatic rings. The maximum absolute atomic E-state index is 13.1. The van der Waals surface area contributed by atoms with Gasteiger partial charge >= 0.3 is 5.97 Å². The smallest absolute Gasteiger partial charge is 0.338 e. The van der Waals surface area contributed by atoms with Gasteiger partial charge in [-0.3, -0.25) is 4.79 Å². The molecule has 1 aliphatic carbocycles. The molecule has 31 heavy (non-hydrogen) atoms. The molecule has 8 heteroatoms. The van der Waals surface area contributed by atoms with E-state index in [1.807, 2.05) is 49.3 Å². The second-order valence-electron chi connectivity index (χ2n) is 8.29. The van der Waals surface area contributed by atoms with E-state index in [-0.39, 0.29) is 18.4 Å². The largest absolute Gasteiger partial charge is 0.459 e. The first-order valence-electron chi connectivity index (χ1n) is 10.5. The number of hydrogen-bond acceptors (Lipinski definition) is 6. The number of carbonyl (C=O) groups is 2. The van der Waals surface area contributed by atoms with E-state index in [9.17, 15) is 9.59 Å². The predicted molar refractivity (Wildman–Crippen MR) is 123 cm³/mol. The van der Waals surface area contributed by atoms with Gasteiger partial charge < -0.3 is 15.0 Å². The summed E-state index contributed by atoms with van der Waals surface area (Å²) in [5.41, 5.74) is 2.61. The first-order chi connectivity index (χ1) is 14.8. The van der Waals surface area contributed by atoms with Crippen LogP contribution in [0.2, 0.25) is 5.02 Å². The number of halogens is 1. The van der Waals surface area contributed by atoms with Crippen LogP contribution >= 0.6 is 23.4 Å². The summed E-state index contributed by atoms with van der Waals surface area (Å²) >= 11 is 8.02. The van der Waals surface area contributed by atoms with E-state index in [1.165, 1.54) is 24.6 Å². The molecule has 0 spiro atoms. The topological polar surface area (TPSA) is 71.0 Å². The molecular formula is C23H26ClN3O3S. The van der Waals surface area contributed by atoms with Crippen molar-refractivity contribution in [1.82, 2.24) is 10.2 Å². The number of nitrogens with one attached hydrogen (secondary N) is 1. The zero-order valence-electron chi connectivity index (χ0n) is 17.9. The molecule has 1 aromatic rings. The summed E-state index contributed by atoms with van der Waals surface area (Å²) < 4.78 is 5.55. The molecule has 2 aliphatic heterocycles. The van der Waals surface area contributed by atoms with E-state index in [4.69, 9.17) is 16.3 Å². The van der Waals surface area contributed by atoms with Crippen molar-refractivity contribution in [2.24, 2.45) is 10.9 Å². The quantitative estimate of drug-likeness (QED) is 0.594. The Morgan fingerprint density at radius 1 is 1.32 bits per heavy atom. The van der Waals surface area contributed by atoms with Gasteiger partial charge in [0.15, 0.2) is 5.17 Å². The van der Waals surface area contributed by atoms with Gasteiger partial charge in [0.1, 0.15) is 0 Å². The summed E-state index contributed by atoms with van der Waals surface area (Å²) in [6.07, 6.45) is 2.32. The van der Waals surface area contributed by atoms with Crippen molar-refractivity contribution < 1.29 is 14.3 Å². The van der Waals surface area contributed by atoms with Crippen molar-refractivity contribution in [3.8, 4) is 0 Å². The molecule has 1 amide bonds. The first kappa shape index (κ1) is 22.0. The van der Waals surface area contributed by atoms with E-state index in [0.29, 0.717) is 22.2 Å². The molecule has 0 unspecified atom stereocenters. The highest BCUT2D eigenvalue weighted by atomic mass is 35.5. The molecule has 6 nitrogen and oxygen atoms in total. The van der Waals surface area contributed by atoms with Crippen molar-refractivity contribution in [1.29, 1.82) is 0 Å². The van der Waals surface area contributed by atoms with Crippen molar-refractivity contribution in [2.45, 2.75) is 52.2 Å². The van der Waals surface area contributed by atoms with Gasteiger partial charge in [0.2, 0.25) is 5.91 Å². The monoisotopic (exact) mass is 459 g/mol. The van der Waals surface area contributed by atoms with E-state index in [0.717, 1.165) is 23.0 Å². The van der Waals surface area contributed by atoms with Crippen LogP contribution in [0.1, 0.15) is 51.6 Å². The molecule has 0 radical (unpaired) electrons. The van der Waals surface area contributed by atoms with Crippen LogP contribution in [0.25, 0.3) is 0 Å². The number of esters is 1. The Hall–Kier alpha value is -2.25.